The summed E-state index contributed by atoms with van der Waals surface area (Å²) in [6.45, 7) is 4.90. The minimum atomic E-state index is -3.89. The van der Waals surface area contributed by atoms with E-state index in [9.17, 15) is 13.2 Å². The molecule has 1 N–H and O–H groups in total. The molecule has 2 aromatic rings. The van der Waals surface area contributed by atoms with Gasteiger partial charge in [-0.15, -0.1) is 0 Å². The Morgan fingerprint density at radius 2 is 1.56 bits per heavy atom. The van der Waals surface area contributed by atoms with Crippen molar-refractivity contribution in [1.82, 2.24) is 9.47 Å². The lowest BCUT2D eigenvalue weighted by atomic mass is 10.2. The Labute approximate surface area is 161 Å². The van der Waals surface area contributed by atoms with E-state index >= 15 is 0 Å². The van der Waals surface area contributed by atoms with Crippen molar-refractivity contribution in [2.24, 2.45) is 7.05 Å². The molecule has 7 heteroatoms. The molecular formula is C20H27N3O3S. The number of carbonyl (C=O) groups excluding carboxylic acids is 1. The fourth-order valence-corrected chi connectivity index (χ4v) is 5.22. The minimum Gasteiger partial charge on any atom is -0.350 e. The Kier molecular flexibility index (Phi) is 5.60. The van der Waals surface area contributed by atoms with E-state index < -0.39 is 10.0 Å². The van der Waals surface area contributed by atoms with Gasteiger partial charge in [0.2, 0.25) is 0 Å². The molecule has 3 rings (SSSR count). The number of rotatable bonds is 4. The topological polar surface area (TPSA) is 71.4 Å². The van der Waals surface area contributed by atoms with Crippen molar-refractivity contribution < 1.29 is 13.2 Å². The zero-order chi connectivity index (χ0) is 19.6. The second-order valence-electron chi connectivity index (χ2n) is 7.11. The van der Waals surface area contributed by atoms with Crippen molar-refractivity contribution in [2.45, 2.75) is 44.4 Å². The average molecular weight is 390 g/mol. The molecule has 1 aliphatic heterocycles. The average Bonchev–Trinajstić information content (AvgIpc) is 2.84. The zero-order valence-electron chi connectivity index (χ0n) is 16.2. The first-order valence-electron chi connectivity index (χ1n) is 9.36. The van der Waals surface area contributed by atoms with Gasteiger partial charge in [0.15, 0.2) is 0 Å². The number of nitrogens with one attached hydrogen (secondary N) is 1. The maximum Gasteiger partial charge on any atom is 0.264 e. The summed E-state index contributed by atoms with van der Waals surface area (Å²) in [7, 11) is -2.09. The maximum atomic E-state index is 13.3. The summed E-state index contributed by atoms with van der Waals surface area (Å²) in [5.74, 6) is -0.188. The van der Waals surface area contributed by atoms with Crippen LogP contribution >= 0.6 is 0 Å². The van der Waals surface area contributed by atoms with Gasteiger partial charge in [-0.25, -0.2) is 8.42 Å². The summed E-state index contributed by atoms with van der Waals surface area (Å²) < 4.78 is 30.7. The second kappa shape index (κ2) is 7.76. The molecule has 0 unspecified atom stereocenters. The molecule has 0 saturated carbocycles. The molecule has 6 nitrogen and oxygen atoms in total. The van der Waals surface area contributed by atoms with Gasteiger partial charge in [0.05, 0.1) is 5.56 Å². The number of carbonyl (C=O) groups is 1. The largest absolute Gasteiger partial charge is 0.350 e. The summed E-state index contributed by atoms with van der Waals surface area (Å²) in [5, 5.41) is 0. The highest BCUT2D eigenvalue weighted by molar-refractivity contribution is 7.92. The van der Waals surface area contributed by atoms with Gasteiger partial charge >= 0.3 is 0 Å². The van der Waals surface area contributed by atoms with Crippen LogP contribution in [0.1, 0.15) is 47.4 Å². The van der Waals surface area contributed by atoms with Gasteiger partial charge in [0.25, 0.3) is 15.9 Å². The molecule has 1 fully saturated rings. The van der Waals surface area contributed by atoms with Crippen molar-refractivity contribution in [3.63, 3.8) is 0 Å². The first-order valence-corrected chi connectivity index (χ1v) is 10.8. The van der Waals surface area contributed by atoms with Crippen LogP contribution in [0.3, 0.4) is 0 Å². The monoisotopic (exact) mass is 389 g/mol. The van der Waals surface area contributed by atoms with Crippen LogP contribution in [-0.2, 0) is 17.1 Å². The zero-order valence-corrected chi connectivity index (χ0v) is 17.0. The van der Waals surface area contributed by atoms with Crippen LogP contribution in [0.25, 0.3) is 0 Å². The van der Waals surface area contributed by atoms with E-state index in [4.69, 9.17) is 0 Å². The SMILES string of the molecule is Cc1c(C(=O)N2CCCCCC2)c(S(=O)(=O)Nc2ccccc2)c(C)n1C. The number of amides is 1. The molecule has 1 aliphatic rings. The lowest BCUT2D eigenvalue weighted by Gasteiger charge is -2.21. The predicted octanol–water partition coefficient (Wildman–Crippen LogP) is 3.46. The number of para-hydroxylation sites is 1. The van der Waals surface area contributed by atoms with Crippen LogP contribution in [0, 0.1) is 13.8 Å². The molecule has 0 radical (unpaired) electrons. The highest BCUT2D eigenvalue weighted by Gasteiger charge is 2.33. The number of likely N-dealkylation sites (tertiary alicyclic amines) is 1. The van der Waals surface area contributed by atoms with Crippen LogP contribution < -0.4 is 4.72 Å². The molecule has 146 valence electrons. The number of hydrogen-bond acceptors (Lipinski definition) is 3. The lowest BCUT2D eigenvalue weighted by Crippen LogP contribution is -2.33. The molecule has 2 heterocycles. The van der Waals surface area contributed by atoms with Gasteiger partial charge in [-0.3, -0.25) is 9.52 Å². The number of anilines is 1. The number of hydrogen-bond donors (Lipinski definition) is 1. The summed E-state index contributed by atoms with van der Waals surface area (Å²) >= 11 is 0. The first kappa shape index (κ1) is 19.5. The third kappa shape index (κ3) is 3.88. The smallest absolute Gasteiger partial charge is 0.264 e. The molecular weight excluding hydrogens is 362 g/mol. The third-order valence-electron chi connectivity index (χ3n) is 5.33. The van der Waals surface area contributed by atoms with Crippen LogP contribution in [-0.4, -0.2) is 36.9 Å². The maximum absolute atomic E-state index is 13.3. The van der Waals surface area contributed by atoms with Crippen molar-refractivity contribution in [1.29, 1.82) is 0 Å². The highest BCUT2D eigenvalue weighted by atomic mass is 32.2. The van der Waals surface area contributed by atoms with Gasteiger partial charge < -0.3 is 9.47 Å². The molecule has 1 aromatic heterocycles. The molecule has 27 heavy (non-hydrogen) atoms. The fourth-order valence-electron chi connectivity index (χ4n) is 3.64. The second-order valence-corrected chi connectivity index (χ2v) is 8.73. The van der Waals surface area contributed by atoms with Crippen molar-refractivity contribution in [3.8, 4) is 0 Å². The Hall–Kier alpha value is -2.28. The van der Waals surface area contributed by atoms with Crippen LogP contribution in [0.2, 0.25) is 0 Å². The lowest BCUT2D eigenvalue weighted by molar-refractivity contribution is 0.0757. The van der Waals surface area contributed by atoms with Crippen LogP contribution in [0.5, 0.6) is 0 Å². The van der Waals surface area contributed by atoms with Crippen LogP contribution in [0.4, 0.5) is 5.69 Å². The van der Waals surface area contributed by atoms with E-state index in [0.717, 1.165) is 25.7 Å². The Balaban J connectivity index is 2.05. The molecule has 1 amide bonds. The standard InChI is InChI=1S/C20H27N3O3S/c1-15-18(20(24)23-13-9-4-5-10-14-23)19(16(2)22(15)3)27(25,26)21-17-11-7-6-8-12-17/h6-8,11-12,21H,4-5,9-10,13-14H2,1-3H3. The van der Waals surface area contributed by atoms with Crippen molar-refractivity contribution in [3.05, 3.63) is 47.3 Å². The van der Waals surface area contributed by atoms with Crippen molar-refractivity contribution in [2.75, 3.05) is 17.8 Å². The van der Waals surface area contributed by atoms with Gasteiger partial charge in [0.1, 0.15) is 4.90 Å². The Bertz CT molecular complexity index is 925. The van der Waals surface area contributed by atoms with E-state index in [1.807, 2.05) is 6.07 Å². The van der Waals surface area contributed by atoms with E-state index in [-0.39, 0.29) is 10.8 Å². The van der Waals surface area contributed by atoms with Gasteiger partial charge in [-0.2, -0.15) is 0 Å². The first-order chi connectivity index (χ1) is 12.8. The van der Waals surface area contributed by atoms with Gasteiger partial charge in [-0.1, -0.05) is 31.0 Å². The third-order valence-corrected chi connectivity index (χ3v) is 6.87. The van der Waals surface area contributed by atoms with Crippen molar-refractivity contribution >= 4 is 21.6 Å². The predicted molar refractivity (Wildman–Crippen MR) is 107 cm³/mol. The normalized spacial score (nSPS) is 15.4. The summed E-state index contributed by atoms with van der Waals surface area (Å²) in [6, 6.07) is 8.75. The summed E-state index contributed by atoms with van der Waals surface area (Å²) in [6.07, 6.45) is 4.14. The molecule has 1 saturated heterocycles. The van der Waals surface area contributed by atoms with Gasteiger partial charge in [0, 0.05) is 37.2 Å². The van der Waals surface area contributed by atoms with E-state index in [2.05, 4.69) is 4.72 Å². The Morgan fingerprint density at radius 3 is 2.15 bits per heavy atom. The van der Waals surface area contributed by atoms with Gasteiger partial charge in [-0.05, 0) is 38.8 Å². The molecule has 1 aromatic carbocycles. The summed E-state index contributed by atoms with van der Waals surface area (Å²) in [5.41, 5.74) is 2.01. The summed E-state index contributed by atoms with van der Waals surface area (Å²) in [4.78, 5) is 15.2. The number of nitrogens with zero attached hydrogens (tertiary/aromatic N) is 2. The Morgan fingerprint density at radius 1 is 0.963 bits per heavy atom. The number of aromatic nitrogens is 1. The van der Waals surface area contributed by atoms with Crippen LogP contribution in [0.15, 0.2) is 35.2 Å². The minimum absolute atomic E-state index is 0.0839. The van der Waals surface area contributed by atoms with E-state index in [1.54, 1.807) is 54.6 Å². The van der Waals surface area contributed by atoms with E-state index in [1.165, 1.54) is 0 Å². The number of sulfonamides is 1. The molecule has 0 aliphatic carbocycles. The molecule has 0 atom stereocenters. The molecule has 0 bridgehead atoms. The van der Waals surface area contributed by atoms with E-state index in [0.29, 0.717) is 35.7 Å². The molecule has 0 spiro atoms. The number of benzene rings is 1. The fraction of sp³-hybridized carbons (Fsp3) is 0.450. The highest BCUT2D eigenvalue weighted by Crippen LogP contribution is 2.29. The quantitative estimate of drug-likeness (QED) is 0.870.